The summed E-state index contributed by atoms with van der Waals surface area (Å²) in [7, 11) is 1.54. The molecule has 1 aliphatic rings. The Bertz CT molecular complexity index is 461. The molecule has 4 nitrogen and oxygen atoms in total. The third-order valence-electron chi connectivity index (χ3n) is 3.01. The maximum atomic E-state index is 12.2. The van der Waals surface area contributed by atoms with Crippen molar-refractivity contribution in [3.05, 3.63) is 28.8 Å². The third-order valence-corrected chi connectivity index (χ3v) is 3.74. The molecule has 1 amide bonds. The van der Waals surface area contributed by atoms with E-state index in [4.69, 9.17) is 32.7 Å². The first kappa shape index (κ1) is 14.4. The number of alkyl halides is 1. The number of ether oxygens (including phenoxy) is 2. The summed E-state index contributed by atoms with van der Waals surface area (Å²) in [4.78, 5) is 13.9. The third kappa shape index (κ3) is 3.32. The van der Waals surface area contributed by atoms with Crippen molar-refractivity contribution in [3.8, 4) is 5.75 Å². The lowest BCUT2D eigenvalue weighted by atomic mass is 10.1. The molecule has 19 heavy (non-hydrogen) atoms. The monoisotopic (exact) mass is 303 g/mol. The molecule has 1 aromatic carbocycles. The molecule has 104 valence electrons. The van der Waals surface area contributed by atoms with Crippen molar-refractivity contribution in [2.75, 3.05) is 33.4 Å². The first-order valence-electron chi connectivity index (χ1n) is 5.97. The molecule has 1 unspecified atom stereocenters. The van der Waals surface area contributed by atoms with Crippen molar-refractivity contribution < 1.29 is 14.3 Å². The minimum atomic E-state index is -0.735. The molecule has 2 rings (SSSR count). The summed E-state index contributed by atoms with van der Waals surface area (Å²) in [6.45, 7) is 2.26. The van der Waals surface area contributed by atoms with E-state index in [1.807, 2.05) is 0 Å². The van der Waals surface area contributed by atoms with Crippen molar-refractivity contribution in [2.45, 2.75) is 5.38 Å². The van der Waals surface area contributed by atoms with Crippen LogP contribution in [0.25, 0.3) is 0 Å². The molecule has 0 aliphatic carbocycles. The number of methoxy groups -OCH3 is 1. The number of carbonyl (C=O) groups excluding carboxylic acids is 1. The van der Waals surface area contributed by atoms with Gasteiger partial charge < -0.3 is 14.4 Å². The Kier molecular flexibility index (Phi) is 4.91. The van der Waals surface area contributed by atoms with Gasteiger partial charge in [-0.2, -0.15) is 0 Å². The van der Waals surface area contributed by atoms with Crippen molar-refractivity contribution in [2.24, 2.45) is 0 Å². The van der Waals surface area contributed by atoms with E-state index in [0.717, 1.165) is 0 Å². The average molecular weight is 304 g/mol. The van der Waals surface area contributed by atoms with Gasteiger partial charge in [0, 0.05) is 13.1 Å². The lowest BCUT2D eigenvalue weighted by molar-refractivity contribution is -0.134. The molecule has 1 saturated heterocycles. The topological polar surface area (TPSA) is 38.8 Å². The van der Waals surface area contributed by atoms with E-state index in [1.165, 1.54) is 7.11 Å². The molecule has 0 N–H and O–H groups in total. The molecule has 0 radical (unpaired) electrons. The summed E-state index contributed by atoms with van der Waals surface area (Å²) < 4.78 is 10.3. The highest BCUT2D eigenvalue weighted by molar-refractivity contribution is 6.33. The predicted octanol–water partition coefficient (Wildman–Crippen LogP) is 2.49. The van der Waals surface area contributed by atoms with E-state index in [0.29, 0.717) is 42.6 Å². The summed E-state index contributed by atoms with van der Waals surface area (Å²) in [5, 5.41) is -0.290. The summed E-state index contributed by atoms with van der Waals surface area (Å²) in [5.74, 6) is 0.444. The van der Waals surface area contributed by atoms with Gasteiger partial charge in [0.25, 0.3) is 0 Å². The molecular formula is C13H15Cl2NO3. The van der Waals surface area contributed by atoms with Crippen LogP contribution in [0, 0.1) is 0 Å². The van der Waals surface area contributed by atoms with E-state index in [1.54, 1.807) is 23.1 Å². The van der Waals surface area contributed by atoms with Gasteiger partial charge >= 0.3 is 0 Å². The van der Waals surface area contributed by atoms with Crippen LogP contribution in [0.3, 0.4) is 0 Å². The van der Waals surface area contributed by atoms with Crippen molar-refractivity contribution in [1.29, 1.82) is 0 Å². The van der Waals surface area contributed by atoms with Crippen LogP contribution in [0.1, 0.15) is 10.9 Å². The van der Waals surface area contributed by atoms with E-state index in [-0.39, 0.29) is 5.91 Å². The Morgan fingerprint density at radius 1 is 1.42 bits per heavy atom. The molecule has 1 heterocycles. The van der Waals surface area contributed by atoms with Crippen molar-refractivity contribution in [3.63, 3.8) is 0 Å². The number of morpholine rings is 1. The van der Waals surface area contributed by atoms with Crippen LogP contribution in [-0.2, 0) is 9.53 Å². The number of hydrogen-bond acceptors (Lipinski definition) is 3. The highest BCUT2D eigenvalue weighted by atomic mass is 35.5. The van der Waals surface area contributed by atoms with Gasteiger partial charge in [-0.1, -0.05) is 17.7 Å². The van der Waals surface area contributed by atoms with Gasteiger partial charge in [0.1, 0.15) is 11.1 Å². The SMILES string of the molecule is COc1ccc(C(Cl)C(=O)N2CCOCC2)cc1Cl. The van der Waals surface area contributed by atoms with Crippen molar-refractivity contribution >= 4 is 29.1 Å². The van der Waals surface area contributed by atoms with Crippen LogP contribution in [0.15, 0.2) is 18.2 Å². The fraction of sp³-hybridized carbons (Fsp3) is 0.462. The first-order valence-corrected chi connectivity index (χ1v) is 6.79. The van der Waals surface area contributed by atoms with Gasteiger partial charge in [-0.25, -0.2) is 0 Å². The van der Waals surface area contributed by atoms with Crippen LogP contribution in [-0.4, -0.2) is 44.2 Å². The second-order valence-electron chi connectivity index (χ2n) is 4.19. The Morgan fingerprint density at radius 3 is 2.68 bits per heavy atom. The predicted molar refractivity (Wildman–Crippen MR) is 74.0 cm³/mol. The summed E-state index contributed by atoms with van der Waals surface area (Å²) in [6, 6.07) is 5.12. The molecule has 1 aliphatic heterocycles. The molecule has 0 bridgehead atoms. The molecule has 0 aromatic heterocycles. The fourth-order valence-electron chi connectivity index (χ4n) is 1.93. The largest absolute Gasteiger partial charge is 0.495 e. The average Bonchev–Trinajstić information content (AvgIpc) is 2.46. The highest BCUT2D eigenvalue weighted by Crippen LogP contribution is 2.31. The lowest BCUT2D eigenvalue weighted by Crippen LogP contribution is -2.42. The first-order chi connectivity index (χ1) is 9.13. The van der Waals surface area contributed by atoms with Crippen LogP contribution in [0.4, 0.5) is 0 Å². The number of hydrogen-bond donors (Lipinski definition) is 0. The van der Waals surface area contributed by atoms with Crippen LogP contribution in [0.5, 0.6) is 5.75 Å². The van der Waals surface area contributed by atoms with Gasteiger partial charge in [0.2, 0.25) is 5.91 Å². The van der Waals surface area contributed by atoms with Gasteiger partial charge in [0.05, 0.1) is 25.3 Å². The van der Waals surface area contributed by atoms with Crippen LogP contribution < -0.4 is 4.74 Å². The van der Waals surface area contributed by atoms with Gasteiger partial charge in [0.15, 0.2) is 0 Å². The van der Waals surface area contributed by atoms with E-state index < -0.39 is 5.38 Å². The number of amides is 1. The number of rotatable bonds is 3. The Labute approximate surface area is 122 Å². The number of nitrogens with zero attached hydrogens (tertiary/aromatic N) is 1. The van der Waals surface area contributed by atoms with Crippen molar-refractivity contribution in [1.82, 2.24) is 4.90 Å². The second kappa shape index (κ2) is 6.46. The maximum absolute atomic E-state index is 12.2. The van der Waals surface area contributed by atoms with E-state index in [9.17, 15) is 4.79 Å². The quantitative estimate of drug-likeness (QED) is 0.805. The van der Waals surface area contributed by atoms with Gasteiger partial charge in [-0.3, -0.25) is 4.79 Å². The maximum Gasteiger partial charge on any atom is 0.245 e. The van der Waals surface area contributed by atoms with Crippen LogP contribution in [0.2, 0.25) is 5.02 Å². The Morgan fingerprint density at radius 2 is 2.11 bits per heavy atom. The van der Waals surface area contributed by atoms with Gasteiger partial charge in [-0.15, -0.1) is 11.6 Å². The van der Waals surface area contributed by atoms with E-state index in [2.05, 4.69) is 0 Å². The zero-order valence-corrected chi connectivity index (χ0v) is 12.1. The number of carbonyl (C=O) groups is 1. The number of halogens is 2. The second-order valence-corrected chi connectivity index (χ2v) is 5.04. The lowest BCUT2D eigenvalue weighted by Gasteiger charge is -2.28. The molecule has 1 atom stereocenters. The standard InChI is InChI=1S/C13H15Cl2NO3/c1-18-11-3-2-9(8-10(11)14)12(15)13(17)16-4-6-19-7-5-16/h2-3,8,12H,4-7H2,1H3. The van der Waals surface area contributed by atoms with Gasteiger partial charge in [-0.05, 0) is 17.7 Å². The summed E-state index contributed by atoms with van der Waals surface area (Å²) >= 11 is 12.3. The molecule has 1 fully saturated rings. The highest BCUT2D eigenvalue weighted by Gasteiger charge is 2.25. The minimum absolute atomic E-state index is 0.119. The normalized spacial score (nSPS) is 17.1. The zero-order chi connectivity index (χ0) is 13.8. The van der Waals surface area contributed by atoms with Crippen LogP contribution >= 0.6 is 23.2 Å². The fourth-order valence-corrected chi connectivity index (χ4v) is 2.47. The summed E-state index contributed by atoms with van der Waals surface area (Å²) in [6.07, 6.45) is 0. The Hall–Kier alpha value is -0.970. The molecule has 6 heteroatoms. The molecule has 0 saturated carbocycles. The molecular weight excluding hydrogens is 289 g/mol. The smallest absolute Gasteiger partial charge is 0.245 e. The Balaban J connectivity index is 2.11. The van der Waals surface area contributed by atoms with E-state index >= 15 is 0 Å². The minimum Gasteiger partial charge on any atom is -0.495 e. The molecule has 0 spiro atoms. The summed E-state index contributed by atoms with van der Waals surface area (Å²) in [5.41, 5.74) is 0.670. The number of benzene rings is 1. The molecule has 1 aromatic rings. The zero-order valence-electron chi connectivity index (χ0n) is 10.6.